The van der Waals surface area contributed by atoms with Gasteiger partial charge in [-0.3, -0.25) is 0 Å². The molecule has 0 heterocycles. The molecule has 0 amide bonds. The Balaban J connectivity index is 2.20. The predicted molar refractivity (Wildman–Crippen MR) is 87.2 cm³/mol. The van der Waals surface area contributed by atoms with E-state index in [0.29, 0.717) is 11.1 Å². The molecule has 0 saturated carbocycles. The minimum absolute atomic E-state index is 0.199. The molecular formula is C20H12F6. The number of alkyl halides is 6. The van der Waals surface area contributed by atoms with Gasteiger partial charge in [0.1, 0.15) is 0 Å². The maximum Gasteiger partial charge on any atom is 0.416 e. The molecule has 0 atom stereocenters. The molecule has 3 rings (SSSR count). The van der Waals surface area contributed by atoms with Crippen molar-refractivity contribution in [2.75, 3.05) is 0 Å². The lowest BCUT2D eigenvalue weighted by Crippen LogP contribution is -2.07. The van der Waals surface area contributed by atoms with Gasteiger partial charge < -0.3 is 0 Å². The van der Waals surface area contributed by atoms with Crippen LogP contribution in [-0.4, -0.2) is 0 Å². The maximum atomic E-state index is 13.0. The molecule has 0 spiro atoms. The highest BCUT2D eigenvalue weighted by Crippen LogP contribution is 2.37. The fraction of sp³-hybridized carbons (Fsp3) is 0.100. The van der Waals surface area contributed by atoms with Gasteiger partial charge in [-0.2, -0.15) is 26.3 Å². The van der Waals surface area contributed by atoms with Crippen molar-refractivity contribution < 1.29 is 26.3 Å². The smallest absolute Gasteiger partial charge is 0.166 e. The third kappa shape index (κ3) is 3.74. The van der Waals surface area contributed by atoms with Crippen LogP contribution in [0.15, 0.2) is 78.4 Å². The molecule has 1 aliphatic carbocycles. The summed E-state index contributed by atoms with van der Waals surface area (Å²) in [5.41, 5.74) is -0.455. The first kappa shape index (κ1) is 18.0. The molecule has 0 N–H and O–H groups in total. The van der Waals surface area contributed by atoms with Gasteiger partial charge in [0.2, 0.25) is 0 Å². The van der Waals surface area contributed by atoms with Gasteiger partial charge >= 0.3 is 12.4 Å². The van der Waals surface area contributed by atoms with Crippen molar-refractivity contribution in [2.45, 2.75) is 12.4 Å². The Hall–Kier alpha value is -2.76. The summed E-state index contributed by atoms with van der Waals surface area (Å²) in [6, 6.07) is 9.15. The summed E-state index contributed by atoms with van der Waals surface area (Å²) in [7, 11) is 0. The molecule has 6 heteroatoms. The van der Waals surface area contributed by atoms with E-state index in [4.69, 9.17) is 0 Å². The SMILES string of the molecule is FC(F)(F)c1cccc(C(=C2C=CC=C2)c2cccc(C(F)(F)F)c2)c1. The van der Waals surface area contributed by atoms with Crippen LogP contribution in [0.1, 0.15) is 22.3 Å². The number of hydrogen-bond acceptors (Lipinski definition) is 0. The van der Waals surface area contributed by atoms with Gasteiger partial charge in [-0.05, 0) is 46.5 Å². The quantitative estimate of drug-likeness (QED) is 0.522. The first-order valence-electron chi connectivity index (χ1n) is 7.60. The first-order valence-corrected chi connectivity index (χ1v) is 7.60. The number of rotatable bonds is 2. The normalized spacial score (nSPS) is 14.2. The van der Waals surface area contributed by atoms with Crippen molar-refractivity contribution in [3.05, 3.63) is 101 Å². The van der Waals surface area contributed by atoms with Crippen molar-refractivity contribution in [3.8, 4) is 0 Å². The third-order valence-corrected chi connectivity index (χ3v) is 3.91. The van der Waals surface area contributed by atoms with Crippen molar-refractivity contribution in [1.82, 2.24) is 0 Å². The van der Waals surface area contributed by atoms with Crippen molar-refractivity contribution >= 4 is 5.57 Å². The molecule has 0 radical (unpaired) electrons. The summed E-state index contributed by atoms with van der Waals surface area (Å²) in [6.07, 6.45) is -2.43. The number of benzene rings is 2. The van der Waals surface area contributed by atoms with Crippen LogP contribution in [0.25, 0.3) is 5.57 Å². The maximum absolute atomic E-state index is 13.0. The van der Waals surface area contributed by atoms with Crippen LogP contribution in [0.4, 0.5) is 26.3 Å². The van der Waals surface area contributed by atoms with E-state index in [0.717, 1.165) is 24.3 Å². The Morgan fingerprint density at radius 1 is 0.615 bits per heavy atom. The summed E-state index contributed by atoms with van der Waals surface area (Å²) in [5, 5.41) is 0. The van der Waals surface area contributed by atoms with Crippen molar-refractivity contribution in [1.29, 1.82) is 0 Å². The number of hydrogen-bond donors (Lipinski definition) is 0. The summed E-state index contributed by atoms with van der Waals surface area (Å²) < 4.78 is 78.2. The summed E-state index contributed by atoms with van der Waals surface area (Å²) in [4.78, 5) is 0. The summed E-state index contributed by atoms with van der Waals surface area (Å²) in [5.74, 6) is 0. The molecule has 0 bridgehead atoms. The van der Waals surface area contributed by atoms with Gasteiger partial charge in [-0.15, -0.1) is 0 Å². The Kier molecular flexibility index (Phi) is 4.52. The standard InChI is InChI=1S/C20H12F6/c21-19(22,23)16-9-3-7-14(11-16)18(13-5-1-2-6-13)15-8-4-10-17(12-15)20(24,25)26/h1-12H. The lowest BCUT2D eigenvalue weighted by atomic mass is 9.91. The molecular weight excluding hydrogens is 354 g/mol. The molecule has 0 unspecified atom stereocenters. The van der Waals surface area contributed by atoms with Crippen LogP contribution in [0.3, 0.4) is 0 Å². The number of halogens is 6. The lowest BCUT2D eigenvalue weighted by Gasteiger charge is -2.15. The molecule has 0 aliphatic heterocycles. The van der Waals surface area contributed by atoms with Gasteiger partial charge in [0.05, 0.1) is 11.1 Å². The molecule has 0 saturated heterocycles. The molecule has 1 aliphatic rings. The second-order valence-electron chi connectivity index (χ2n) is 5.71. The molecule has 0 nitrogen and oxygen atoms in total. The Morgan fingerprint density at radius 3 is 1.42 bits per heavy atom. The van der Waals surface area contributed by atoms with E-state index >= 15 is 0 Å². The minimum Gasteiger partial charge on any atom is -0.166 e. The average molecular weight is 366 g/mol. The predicted octanol–water partition coefficient (Wildman–Crippen LogP) is 6.65. The lowest BCUT2D eigenvalue weighted by molar-refractivity contribution is -0.138. The zero-order chi connectivity index (χ0) is 18.9. The largest absolute Gasteiger partial charge is 0.416 e. The molecule has 26 heavy (non-hydrogen) atoms. The van der Waals surface area contributed by atoms with E-state index in [1.54, 1.807) is 24.3 Å². The van der Waals surface area contributed by atoms with Crippen LogP contribution in [-0.2, 0) is 12.4 Å². The van der Waals surface area contributed by atoms with Crippen LogP contribution >= 0.6 is 0 Å². The Bertz CT molecular complexity index is 837. The molecule has 134 valence electrons. The van der Waals surface area contributed by atoms with E-state index in [1.165, 1.54) is 24.3 Å². The summed E-state index contributed by atoms with van der Waals surface area (Å²) >= 11 is 0. The highest BCUT2D eigenvalue weighted by molar-refractivity contribution is 5.86. The van der Waals surface area contributed by atoms with Crippen LogP contribution in [0.2, 0.25) is 0 Å². The van der Waals surface area contributed by atoms with E-state index in [2.05, 4.69) is 0 Å². The third-order valence-electron chi connectivity index (χ3n) is 3.91. The van der Waals surface area contributed by atoms with Gasteiger partial charge in [-0.1, -0.05) is 48.6 Å². The Morgan fingerprint density at radius 2 is 1.04 bits per heavy atom. The van der Waals surface area contributed by atoms with E-state index < -0.39 is 23.5 Å². The first-order chi connectivity index (χ1) is 12.2. The highest BCUT2D eigenvalue weighted by atomic mass is 19.4. The average Bonchev–Trinajstić information content (AvgIpc) is 3.08. The monoisotopic (exact) mass is 366 g/mol. The Labute approximate surface area is 145 Å². The summed E-state index contributed by atoms with van der Waals surface area (Å²) in [6.45, 7) is 0. The number of allylic oxidation sites excluding steroid dienone is 5. The fourth-order valence-corrected chi connectivity index (χ4v) is 2.74. The van der Waals surface area contributed by atoms with Gasteiger partial charge in [0, 0.05) is 0 Å². The van der Waals surface area contributed by atoms with Crippen molar-refractivity contribution in [2.24, 2.45) is 0 Å². The van der Waals surface area contributed by atoms with E-state index in [1.807, 2.05) is 0 Å². The second-order valence-corrected chi connectivity index (χ2v) is 5.71. The second kappa shape index (κ2) is 6.52. The fourth-order valence-electron chi connectivity index (χ4n) is 2.74. The van der Waals surface area contributed by atoms with Crippen LogP contribution < -0.4 is 0 Å². The zero-order valence-electron chi connectivity index (χ0n) is 13.2. The molecule has 0 aromatic heterocycles. The van der Waals surface area contributed by atoms with Gasteiger partial charge in [0.25, 0.3) is 0 Å². The molecule has 0 fully saturated rings. The van der Waals surface area contributed by atoms with Gasteiger partial charge in [0.15, 0.2) is 0 Å². The highest BCUT2D eigenvalue weighted by Gasteiger charge is 2.32. The van der Waals surface area contributed by atoms with E-state index in [-0.39, 0.29) is 11.1 Å². The molecule has 2 aromatic carbocycles. The topological polar surface area (TPSA) is 0 Å². The van der Waals surface area contributed by atoms with Crippen LogP contribution in [0, 0.1) is 0 Å². The minimum atomic E-state index is -4.54. The van der Waals surface area contributed by atoms with Gasteiger partial charge in [-0.25, -0.2) is 0 Å². The molecule has 2 aromatic rings. The van der Waals surface area contributed by atoms with E-state index in [9.17, 15) is 26.3 Å². The van der Waals surface area contributed by atoms with Crippen LogP contribution in [0.5, 0.6) is 0 Å². The van der Waals surface area contributed by atoms with Crippen molar-refractivity contribution in [3.63, 3.8) is 0 Å². The zero-order valence-corrected chi connectivity index (χ0v) is 13.2.